The van der Waals surface area contributed by atoms with Gasteiger partial charge in [-0.1, -0.05) is 42.0 Å². The van der Waals surface area contributed by atoms with Gasteiger partial charge in [-0.2, -0.15) is 0 Å². The molecule has 0 saturated heterocycles. The van der Waals surface area contributed by atoms with Crippen molar-refractivity contribution in [1.82, 2.24) is 5.32 Å². The summed E-state index contributed by atoms with van der Waals surface area (Å²) in [5.41, 5.74) is 3.26. The molecule has 2 nitrogen and oxygen atoms in total. The average Bonchev–Trinajstić information content (AvgIpc) is 2.47. The Morgan fingerprint density at radius 2 is 1.71 bits per heavy atom. The molecule has 1 N–H and O–H groups in total. The fourth-order valence-electron chi connectivity index (χ4n) is 2.16. The molecular formula is C18H20FNO. The molecule has 2 aromatic carbocycles. The van der Waals surface area contributed by atoms with Gasteiger partial charge in [0.2, 0.25) is 5.91 Å². The number of carbonyl (C=O) groups is 1. The third-order valence-electron chi connectivity index (χ3n) is 3.51. The number of nitrogens with one attached hydrogen (secondary N) is 1. The van der Waals surface area contributed by atoms with Crippen molar-refractivity contribution in [2.75, 3.05) is 0 Å². The van der Waals surface area contributed by atoms with Crippen LogP contribution in [0.25, 0.3) is 0 Å². The summed E-state index contributed by atoms with van der Waals surface area (Å²) in [5, 5.41) is 2.98. The number of amides is 1. The second kappa shape index (κ2) is 7.02. The largest absolute Gasteiger partial charge is 0.350 e. The summed E-state index contributed by atoms with van der Waals surface area (Å²) in [6.45, 7) is 4.01. The second-order valence-electron chi connectivity index (χ2n) is 5.33. The second-order valence-corrected chi connectivity index (χ2v) is 5.33. The molecule has 0 spiro atoms. The molecule has 3 heteroatoms. The molecule has 2 aromatic rings. The molecular weight excluding hydrogens is 265 g/mol. The summed E-state index contributed by atoms with van der Waals surface area (Å²) in [6.07, 6.45) is 1.02. The summed E-state index contributed by atoms with van der Waals surface area (Å²) in [6, 6.07) is 14.4. The number of hydrogen-bond donors (Lipinski definition) is 1. The zero-order chi connectivity index (χ0) is 15.2. The highest BCUT2D eigenvalue weighted by Gasteiger charge is 2.09. The molecule has 0 radical (unpaired) electrons. The first kappa shape index (κ1) is 15.2. The highest BCUT2D eigenvalue weighted by Crippen LogP contribution is 2.13. The highest BCUT2D eigenvalue weighted by atomic mass is 19.1. The predicted octanol–water partition coefficient (Wildman–Crippen LogP) is 3.94. The molecule has 0 aromatic heterocycles. The molecule has 1 atom stereocenters. The third-order valence-corrected chi connectivity index (χ3v) is 3.51. The van der Waals surface area contributed by atoms with Crippen molar-refractivity contribution >= 4 is 5.91 Å². The molecule has 0 fully saturated rings. The van der Waals surface area contributed by atoms with Crippen molar-refractivity contribution in [3.63, 3.8) is 0 Å². The minimum atomic E-state index is -0.254. The van der Waals surface area contributed by atoms with Gasteiger partial charge in [-0.25, -0.2) is 4.39 Å². The van der Waals surface area contributed by atoms with Crippen molar-refractivity contribution in [3.05, 3.63) is 71.0 Å². The fourth-order valence-corrected chi connectivity index (χ4v) is 2.16. The SMILES string of the molecule is Cc1ccc([C@H](C)NC(=O)CCc2ccc(F)cc2)cc1. The third kappa shape index (κ3) is 4.71. The minimum absolute atomic E-state index is 0.00685. The summed E-state index contributed by atoms with van der Waals surface area (Å²) in [4.78, 5) is 11.9. The number of rotatable bonds is 5. The Hall–Kier alpha value is -2.16. The Morgan fingerprint density at radius 1 is 1.10 bits per heavy atom. The fraction of sp³-hybridized carbons (Fsp3) is 0.278. The van der Waals surface area contributed by atoms with Gasteiger partial charge in [-0.05, 0) is 43.5 Å². The zero-order valence-corrected chi connectivity index (χ0v) is 12.4. The predicted molar refractivity (Wildman–Crippen MR) is 82.5 cm³/mol. The first-order valence-electron chi connectivity index (χ1n) is 7.15. The number of hydrogen-bond acceptors (Lipinski definition) is 1. The number of aryl methyl sites for hydroxylation is 2. The van der Waals surface area contributed by atoms with Gasteiger partial charge in [0.1, 0.15) is 5.82 Å². The van der Waals surface area contributed by atoms with E-state index >= 15 is 0 Å². The zero-order valence-electron chi connectivity index (χ0n) is 12.4. The molecule has 21 heavy (non-hydrogen) atoms. The Labute approximate surface area is 125 Å². The van der Waals surface area contributed by atoms with Crippen LogP contribution < -0.4 is 5.32 Å². The van der Waals surface area contributed by atoms with Gasteiger partial charge in [-0.15, -0.1) is 0 Å². The van der Waals surface area contributed by atoms with Crippen LogP contribution in [0.4, 0.5) is 4.39 Å². The van der Waals surface area contributed by atoms with Gasteiger partial charge in [0, 0.05) is 6.42 Å². The van der Waals surface area contributed by atoms with E-state index in [1.165, 1.54) is 17.7 Å². The van der Waals surface area contributed by atoms with Gasteiger partial charge < -0.3 is 5.32 Å². The smallest absolute Gasteiger partial charge is 0.220 e. The molecule has 1 amide bonds. The lowest BCUT2D eigenvalue weighted by atomic mass is 10.1. The number of halogens is 1. The Bertz CT molecular complexity index is 590. The van der Waals surface area contributed by atoms with Crippen LogP contribution in [-0.2, 0) is 11.2 Å². The van der Waals surface area contributed by atoms with Crippen LogP contribution in [0.3, 0.4) is 0 Å². The normalized spacial score (nSPS) is 12.0. The maximum Gasteiger partial charge on any atom is 0.220 e. The molecule has 0 bridgehead atoms. The van der Waals surface area contributed by atoms with E-state index < -0.39 is 0 Å². The molecule has 0 aliphatic rings. The monoisotopic (exact) mass is 285 g/mol. The van der Waals surface area contributed by atoms with Crippen molar-refractivity contribution in [3.8, 4) is 0 Å². The molecule has 0 unspecified atom stereocenters. The van der Waals surface area contributed by atoms with E-state index in [0.717, 1.165) is 11.1 Å². The number of benzene rings is 2. The van der Waals surface area contributed by atoms with Crippen molar-refractivity contribution in [2.45, 2.75) is 32.7 Å². The molecule has 0 aliphatic heterocycles. The standard InChI is InChI=1S/C18H20FNO/c1-13-3-8-16(9-4-13)14(2)20-18(21)12-7-15-5-10-17(19)11-6-15/h3-6,8-11,14H,7,12H2,1-2H3,(H,20,21)/t14-/m0/s1. The Kier molecular flexibility index (Phi) is 5.09. The first-order valence-corrected chi connectivity index (χ1v) is 7.15. The maximum absolute atomic E-state index is 12.8. The van der Waals surface area contributed by atoms with E-state index in [4.69, 9.17) is 0 Å². The van der Waals surface area contributed by atoms with Crippen LogP contribution >= 0.6 is 0 Å². The van der Waals surface area contributed by atoms with E-state index in [1.807, 2.05) is 38.1 Å². The van der Waals surface area contributed by atoms with Crippen LogP contribution in [0.15, 0.2) is 48.5 Å². The molecule has 0 heterocycles. The molecule has 110 valence electrons. The van der Waals surface area contributed by atoms with Crippen LogP contribution in [0.1, 0.15) is 36.1 Å². The average molecular weight is 285 g/mol. The molecule has 2 rings (SSSR count). The summed E-state index contributed by atoms with van der Waals surface area (Å²) >= 11 is 0. The van der Waals surface area contributed by atoms with Crippen LogP contribution in [-0.4, -0.2) is 5.91 Å². The van der Waals surface area contributed by atoms with E-state index in [0.29, 0.717) is 12.8 Å². The first-order chi connectivity index (χ1) is 10.0. The van der Waals surface area contributed by atoms with Crippen LogP contribution in [0.2, 0.25) is 0 Å². The van der Waals surface area contributed by atoms with E-state index in [-0.39, 0.29) is 17.8 Å². The lowest BCUT2D eigenvalue weighted by Crippen LogP contribution is -2.26. The Balaban J connectivity index is 1.83. The van der Waals surface area contributed by atoms with Gasteiger partial charge in [0.25, 0.3) is 0 Å². The van der Waals surface area contributed by atoms with Crippen molar-refractivity contribution in [1.29, 1.82) is 0 Å². The molecule has 0 saturated carbocycles. The van der Waals surface area contributed by atoms with E-state index in [2.05, 4.69) is 5.32 Å². The number of carbonyl (C=O) groups excluding carboxylic acids is 1. The van der Waals surface area contributed by atoms with Crippen molar-refractivity contribution in [2.24, 2.45) is 0 Å². The van der Waals surface area contributed by atoms with E-state index in [1.54, 1.807) is 12.1 Å². The van der Waals surface area contributed by atoms with Crippen molar-refractivity contribution < 1.29 is 9.18 Å². The summed E-state index contributed by atoms with van der Waals surface area (Å²) in [5.74, 6) is -0.247. The van der Waals surface area contributed by atoms with Gasteiger partial charge in [0.15, 0.2) is 0 Å². The van der Waals surface area contributed by atoms with Crippen LogP contribution in [0, 0.1) is 12.7 Å². The summed E-state index contributed by atoms with van der Waals surface area (Å²) in [7, 11) is 0. The lowest BCUT2D eigenvalue weighted by Gasteiger charge is -2.14. The minimum Gasteiger partial charge on any atom is -0.350 e. The van der Waals surface area contributed by atoms with Gasteiger partial charge in [-0.3, -0.25) is 4.79 Å². The lowest BCUT2D eigenvalue weighted by molar-refractivity contribution is -0.121. The van der Waals surface area contributed by atoms with Crippen LogP contribution in [0.5, 0.6) is 0 Å². The quantitative estimate of drug-likeness (QED) is 0.885. The maximum atomic E-state index is 12.8. The van der Waals surface area contributed by atoms with Gasteiger partial charge in [0.05, 0.1) is 6.04 Å². The Morgan fingerprint density at radius 3 is 2.33 bits per heavy atom. The molecule has 0 aliphatic carbocycles. The highest BCUT2D eigenvalue weighted by molar-refractivity contribution is 5.76. The summed E-state index contributed by atoms with van der Waals surface area (Å²) < 4.78 is 12.8. The van der Waals surface area contributed by atoms with E-state index in [9.17, 15) is 9.18 Å². The van der Waals surface area contributed by atoms with Gasteiger partial charge >= 0.3 is 0 Å². The topological polar surface area (TPSA) is 29.1 Å².